The summed E-state index contributed by atoms with van der Waals surface area (Å²) >= 11 is 3.08. The standard InChI is InChI=1S/C17H15BrFNO3/c1-10-3-6-15(11(2)7-10)20-16(21)9-23-17(22)13-5-4-12(19)8-14(13)18/h3-8H,9H2,1-2H3,(H,20,21). The van der Waals surface area contributed by atoms with E-state index in [1.807, 2.05) is 26.0 Å². The Bertz CT molecular complexity index is 761. The summed E-state index contributed by atoms with van der Waals surface area (Å²) < 4.78 is 18.2. The second-order valence-electron chi connectivity index (χ2n) is 5.07. The van der Waals surface area contributed by atoms with E-state index in [1.54, 1.807) is 6.07 Å². The Hall–Kier alpha value is -2.21. The molecule has 0 spiro atoms. The van der Waals surface area contributed by atoms with Crippen molar-refractivity contribution < 1.29 is 18.7 Å². The van der Waals surface area contributed by atoms with Crippen molar-refractivity contribution in [2.45, 2.75) is 13.8 Å². The van der Waals surface area contributed by atoms with Crippen LogP contribution in [0.15, 0.2) is 40.9 Å². The number of rotatable bonds is 4. The molecule has 0 unspecified atom stereocenters. The quantitative estimate of drug-likeness (QED) is 0.816. The second kappa shape index (κ2) is 7.37. The van der Waals surface area contributed by atoms with Gasteiger partial charge in [0.2, 0.25) is 0 Å². The van der Waals surface area contributed by atoms with Gasteiger partial charge in [0.25, 0.3) is 5.91 Å². The number of nitrogens with one attached hydrogen (secondary N) is 1. The van der Waals surface area contributed by atoms with Gasteiger partial charge in [-0.3, -0.25) is 4.79 Å². The van der Waals surface area contributed by atoms with Gasteiger partial charge < -0.3 is 10.1 Å². The SMILES string of the molecule is Cc1ccc(NC(=O)COC(=O)c2ccc(F)cc2Br)c(C)c1. The van der Waals surface area contributed by atoms with Crippen LogP contribution >= 0.6 is 15.9 Å². The maximum atomic E-state index is 13.0. The average molecular weight is 380 g/mol. The van der Waals surface area contributed by atoms with E-state index < -0.39 is 24.3 Å². The van der Waals surface area contributed by atoms with Crippen molar-refractivity contribution in [3.63, 3.8) is 0 Å². The third kappa shape index (κ3) is 4.63. The van der Waals surface area contributed by atoms with Gasteiger partial charge in [-0.25, -0.2) is 9.18 Å². The molecule has 6 heteroatoms. The van der Waals surface area contributed by atoms with Crippen molar-refractivity contribution in [1.29, 1.82) is 0 Å². The van der Waals surface area contributed by atoms with E-state index in [2.05, 4.69) is 21.2 Å². The summed E-state index contributed by atoms with van der Waals surface area (Å²) in [5.74, 6) is -1.61. The monoisotopic (exact) mass is 379 g/mol. The molecule has 0 bridgehead atoms. The van der Waals surface area contributed by atoms with Crippen molar-refractivity contribution in [3.8, 4) is 0 Å². The highest BCUT2D eigenvalue weighted by Crippen LogP contribution is 2.19. The molecule has 23 heavy (non-hydrogen) atoms. The van der Waals surface area contributed by atoms with E-state index in [0.717, 1.165) is 23.3 Å². The van der Waals surface area contributed by atoms with E-state index >= 15 is 0 Å². The Kier molecular flexibility index (Phi) is 5.50. The smallest absolute Gasteiger partial charge is 0.339 e. The zero-order chi connectivity index (χ0) is 17.0. The van der Waals surface area contributed by atoms with Gasteiger partial charge in [-0.1, -0.05) is 17.7 Å². The maximum absolute atomic E-state index is 13.0. The van der Waals surface area contributed by atoms with Crippen molar-refractivity contribution >= 4 is 33.5 Å². The Balaban J connectivity index is 1.94. The molecule has 2 aromatic rings. The zero-order valence-electron chi connectivity index (χ0n) is 12.7. The van der Waals surface area contributed by atoms with E-state index in [0.29, 0.717) is 5.69 Å². The van der Waals surface area contributed by atoms with Gasteiger partial charge in [-0.15, -0.1) is 0 Å². The minimum Gasteiger partial charge on any atom is -0.452 e. The summed E-state index contributed by atoms with van der Waals surface area (Å²) in [6, 6.07) is 9.22. The second-order valence-corrected chi connectivity index (χ2v) is 5.92. The predicted octanol–water partition coefficient (Wildman–Crippen LogP) is 4.00. The van der Waals surface area contributed by atoms with Crippen LogP contribution < -0.4 is 5.32 Å². The Morgan fingerprint density at radius 3 is 2.57 bits per heavy atom. The average Bonchev–Trinajstić information content (AvgIpc) is 2.48. The number of hydrogen-bond donors (Lipinski definition) is 1. The van der Waals surface area contributed by atoms with Gasteiger partial charge in [0.1, 0.15) is 5.82 Å². The number of ether oxygens (including phenoxy) is 1. The number of amides is 1. The fourth-order valence-electron chi connectivity index (χ4n) is 2.00. The number of hydrogen-bond acceptors (Lipinski definition) is 3. The number of halogens is 2. The summed E-state index contributed by atoms with van der Waals surface area (Å²) in [5, 5.41) is 2.68. The molecule has 0 aliphatic heterocycles. The van der Waals surface area contributed by atoms with Crippen LogP contribution in [-0.2, 0) is 9.53 Å². The molecule has 0 fully saturated rings. The Morgan fingerprint density at radius 2 is 1.91 bits per heavy atom. The van der Waals surface area contributed by atoms with Crippen LogP contribution in [0.25, 0.3) is 0 Å². The molecule has 0 saturated carbocycles. The molecule has 0 aromatic heterocycles. The van der Waals surface area contributed by atoms with Crippen molar-refractivity contribution in [3.05, 3.63) is 63.4 Å². The molecular weight excluding hydrogens is 365 g/mol. The summed E-state index contributed by atoms with van der Waals surface area (Å²) in [5.41, 5.74) is 2.84. The number of carbonyl (C=O) groups excluding carboxylic acids is 2. The summed E-state index contributed by atoms with van der Waals surface area (Å²) in [6.45, 7) is 3.42. The van der Waals surface area contributed by atoms with Gasteiger partial charge >= 0.3 is 5.97 Å². The molecule has 4 nitrogen and oxygen atoms in total. The number of anilines is 1. The molecule has 0 atom stereocenters. The fourth-order valence-corrected chi connectivity index (χ4v) is 2.52. The first-order valence-electron chi connectivity index (χ1n) is 6.86. The van der Waals surface area contributed by atoms with Gasteiger partial charge in [-0.05, 0) is 59.6 Å². The largest absolute Gasteiger partial charge is 0.452 e. The first-order chi connectivity index (χ1) is 10.9. The van der Waals surface area contributed by atoms with E-state index in [4.69, 9.17) is 4.74 Å². The first kappa shape index (κ1) is 17.1. The lowest BCUT2D eigenvalue weighted by atomic mass is 10.1. The molecule has 1 N–H and O–H groups in total. The van der Waals surface area contributed by atoms with Crippen molar-refractivity contribution in [1.82, 2.24) is 0 Å². The van der Waals surface area contributed by atoms with E-state index in [9.17, 15) is 14.0 Å². The molecule has 0 heterocycles. The molecule has 2 aromatic carbocycles. The predicted molar refractivity (Wildman–Crippen MR) is 88.9 cm³/mol. The molecule has 1 amide bonds. The molecule has 0 radical (unpaired) electrons. The third-order valence-electron chi connectivity index (χ3n) is 3.14. The number of benzene rings is 2. The highest BCUT2D eigenvalue weighted by Gasteiger charge is 2.14. The lowest BCUT2D eigenvalue weighted by Gasteiger charge is -2.10. The Morgan fingerprint density at radius 1 is 1.17 bits per heavy atom. The summed E-state index contributed by atoms with van der Waals surface area (Å²) in [4.78, 5) is 23.8. The molecule has 2 rings (SSSR count). The highest BCUT2D eigenvalue weighted by molar-refractivity contribution is 9.10. The minimum atomic E-state index is -0.701. The molecular formula is C17H15BrFNO3. The number of carbonyl (C=O) groups is 2. The van der Waals surface area contributed by atoms with Crippen LogP contribution in [-0.4, -0.2) is 18.5 Å². The molecule has 0 saturated heterocycles. The molecule has 0 aliphatic rings. The topological polar surface area (TPSA) is 55.4 Å². The normalized spacial score (nSPS) is 10.3. The molecule has 120 valence electrons. The fraction of sp³-hybridized carbons (Fsp3) is 0.176. The lowest BCUT2D eigenvalue weighted by Crippen LogP contribution is -2.21. The van der Waals surface area contributed by atoms with Crippen LogP contribution in [0.1, 0.15) is 21.5 Å². The van der Waals surface area contributed by atoms with Crippen LogP contribution in [0.2, 0.25) is 0 Å². The van der Waals surface area contributed by atoms with Crippen LogP contribution in [0, 0.1) is 19.7 Å². The summed E-state index contributed by atoms with van der Waals surface area (Å²) in [6.07, 6.45) is 0. The Labute approximate surface area is 141 Å². The summed E-state index contributed by atoms with van der Waals surface area (Å²) in [7, 11) is 0. The first-order valence-corrected chi connectivity index (χ1v) is 7.65. The number of aryl methyl sites for hydroxylation is 2. The van der Waals surface area contributed by atoms with Crippen LogP contribution in [0.4, 0.5) is 10.1 Å². The van der Waals surface area contributed by atoms with Crippen molar-refractivity contribution in [2.75, 3.05) is 11.9 Å². The van der Waals surface area contributed by atoms with E-state index in [-0.39, 0.29) is 10.0 Å². The highest BCUT2D eigenvalue weighted by atomic mass is 79.9. The van der Waals surface area contributed by atoms with E-state index in [1.165, 1.54) is 6.07 Å². The van der Waals surface area contributed by atoms with Gasteiger partial charge in [0.15, 0.2) is 6.61 Å². The van der Waals surface area contributed by atoms with Gasteiger partial charge in [0.05, 0.1) is 5.56 Å². The maximum Gasteiger partial charge on any atom is 0.339 e. The third-order valence-corrected chi connectivity index (χ3v) is 3.80. The van der Waals surface area contributed by atoms with Crippen LogP contribution in [0.5, 0.6) is 0 Å². The van der Waals surface area contributed by atoms with Crippen LogP contribution in [0.3, 0.4) is 0 Å². The number of esters is 1. The lowest BCUT2D eigenvalue weighted by molar-refractivity contribution is -0.119. The van der Waals surface area contributed by atoms with Crippen molar-refractivity contribution in [2.24, 2.45) is 0 Å². The van der Waals surface area contributed by atoms with Gasteiger partial charge in [0, 0.05) is 10.2 Å². The minimum absolute atomic E-state index is 0.158. The van der Waals surface area contributed by atoms with Gasteiger partial charge in [-0.2, -0.15) is 0 Å². The zero-order valence-corrected chi connectivity index (χ0v) is 14.2. The molecule has 0 aliphatic carbocycles.